The molecular weight excluding hydrogens is 336 g/mol. The molecule has 0 saturated carbocycles. The van der Waals surface area contributed by atoms with Crippen molar-refractivity contribution in [3.8, 4) is 0 Å². The van der Waals surface area contributed by atoms with Crippen LogP contribution in [0.4, 0.5) is 0 Å². The molecule has 4 rings (SSSR count). The minimum atomic E-state index is -0.00756. The Balaban J connectivity index is 1.34. The summed E-state index contributed by atoms with van der Waals surface area (Å²) in [6.07, 6.45) is 3.76. The number of nitrogens with zero attached hydrogens (tertiary/aromatic N) is 4. The molecule has 132 valence electrons. The largest absolute Gasteiger partial charge is 0.339 e. The number of aryl methyl sites for hydroxylation is 2. The summed E-state index contributed by atoms with van der Waals surface area (Å²) in [5.74, 6) is 0.134. The van der Waals surface area contributed by atoms with Gasteiger partial charge in [0.25, 0.3) is 5.91 Å². The molecule has 7 heteroatoms. The van der Waals surface area contributed by atoms with Gasteiger partial charge in [-0.2, -0.15) is 16.4 Å². The normalized spacial score (nSPS) is 17.4. The van der Waals surface area contributed by atoms with Gasteiger partial charge < -0.3 is 9.80 Å². The van der Waals surface area contributed by atoms with Gasteiger partial charge in [-0.15, -0.1) is 0 Å². The molecular formula is C18H22N4O2S. The number of hydrogen-bond acceptors (Lipinski definition) is 4. The van der Waals surface area contributed by atoms with E-state index in [1.165, 1.54) is 12.1 Å². The van der Waals surface area contributed by atoms with Crippen LogP contribution < -0.4 is 0 Å². The molecule has 0 aliphatic carbocycles. The fourth-order valence-electron chi connectivity index (χ4n) is 3.52. The van der Waals surface area contributed by atoms with E-state index in [9.17, 15) is 9.59 Å². The zero-order chi connectivity index (χ0) is 17.2. The van der Waals surface area contributed by atoms with E-state index in [-0.39, 0.29) is 11.8 Å². The molecule has 0 aromatic carbocycles. The number of hydrogen-bond donors (Lipinski definition) is 0. The lowest BCUT2D eigenvalue weighted by Gasteiger charge is -2.34. The molecule has 0 bridgehead atoms. The van der Waals surface area contributed by atoms with Crippen LogP contribution in [0.2, 0.25) is 0 Å². The molecule has 1 fully saturated rings. The first-order valence-corrected chi connectivity index (χ1v) is 9.80. The fraction of sp³-hybridized carbons (Fsp3) is 0.500. The molecule has 2 aliphatic heterocycles. The summed E-state index contributed by atoms with van der Waals surface area (Å²) in [5.41, 5.74) is 2.78. The van der Waals surface area contributed by atoms with E-state index in [0.29, 0.717) is 38.3 Å². The molecule has 6 nitrogen and oxygen atoms in total. The Kier molecular flexibility index (Phi) is 4.57. The summed E-state index contributed by atoms with van der Waals surface area (Å²) in [6, 6.07) is 3.93. The predicted molar refractivity (Wildman–Crippen MR) is 95.7 cm³/mol. The lowest BCUT2D eigenvalue weighted by Crippen LogP contribution is -2.51. The van der Waals surface area contributed by atoms with Crippen molar-refractivity contribution in [2.45, 2.75) is 32.2 Å². The van der Waals surface area contributed by atoms with Gasteiger partial charge in [0.1, 0.15) is 0 Å². The molecule has 2 aliphatic rings. The van der Waals surface area contributed by atoms with Crippen LogP contribution in [0.25, 0.3) is 0 Å². The Morgan fingerprint density at radius 2 is 1.88 bits per heavy atom. The molecule has 1 saturated heterocycles. The second-order valence-electron chi connectivity index (χ2n) is 6.68. The van der Waals surface area contributed by atoms with Gasteiger partial charge in [0.15, 0.2) is 5.69 Å². The topological polar surface area (TPSA) is 58.4 Å². The van der Waals surface area contributed by atoms with Crippen molar-refractivity contribution in [1.82, 2.24) is 19.6 Å². The predicted octanol–water partition coefficient (Wildman–Crippen LogP) is 1.81. The monoisotopic (exact) mass is 358 g/mol. The van der Waals surface area contributed by atoms with Crippen LogP contribution >= 0.6 is 11.3 Å². The van der Waals surface area contributed by atoms with Gasteiger partial charge in [-0.05, 0) is 47.7 Å². The highest BCUT2D eigenvalue weighted by molar-refractivity contribution is 7.08. The van der Waals surface area contributed by atoms with Crippen molar-refractivity contribution in [3.63, 3.8) is 0 Å². The standard InChI is InChI=1S/C18H22N4O2S/c23-17(11-14-4-10-25-13-14)20-6-8-21(9-7-20)18(24)16-12-15-3-1-2-5-22(15)19-16/h4,10,12-13H,1-3,5-9,11H2. The van der Waals surface area contributed by atoms with Gasteiger partial charge in [-0.3, -0.25) is 14.3 Å². The van der Waals surface area contributed by atoms with Gasteiger partial charge in [-0.1, -0.05) is 0 Å². The summed E-state index contributed by atoms with van der Waals surface area (Å²) in [6.45, 7) is 3.27. The van der Waals surface area contributed by atoms with Crippen molar-refractivity contribution in [2.75, 3.05) is 26.2 Å². The van der Waals surface area contributed by atoms with Crippen LogP contribution in [0.5, 0.6) is 0 Å². The van der Waals surface area contributed by atoms with E-state index < -0.39 is 0 Å². The Labute approximate surface area is 151 Å². The first-order chi connectivity index (χ1) is 12.2. The number of rotatable bonds is 3. The lowest BCUT2D eigenvalue weighted by molar-refractivity contribution is -0.131. The summed E-state index contributed by atoms with van der Waals surface area (Å²) >= 11 is 1.61. The second-order valence-corrected chi connectivity index (χ2v) is 7.46. The lowest BCUT2D eigenvalue weighted by atomic mass is 10.1. The molecule has 2 amide bonds. The number of carbonyl (C=O) groups excluding carboxylic acids is 2. The molecule has 0 radical (unpaired) electrons. The summed E-state index contributed by atoms with van der Waals surface area (Å²) < 4.78 is 1.97. The molecule has 0 unspecified atom stereocenters. The molecule has 2 aromatic rings. The van der Waals surface area contributed by atoms with Gasteiger partial charge in [0.05, 0.1) is 6.42 Å². The van der Waals surface area contributed by atoms with Crippen molar-refractivity contribution >= 4 is 23.2 Å². The third-order valence-corrected chi connectivity index (χ3v) is 5.72. The molecule has 25 heavy (non-hydrogen) atoms. The Morgan fingerprint density at radius 1 is 1.08 bits per heavy atom. The zero-order valence-electron chi connectivity index (χ0n) is 14.2. The minimum Gasteiger partial charge on any atom is -0.339 e. The van der Waals surface area contributed by atoms with E-state index >= 15 is 0 Å². The highest BCUT2D eigenvalue weighted by Crippen LogP contribution is 2.17. The maximum Gasteiger partial charge on any atom is 0.274 e. The average molecular weight is 358 g/mol. The molecule has 2 aromatic heterocycles. The number of carbonyl (C=O) groups is 2. The van der Waals surface area contributed by atoms with Crippen LogP contribution in [0.3, 0.4) is 0 Å². The fourth-order valence-corrected chi connectivity index (χ4v) is 4.19. The van der Waals surface area contributed by atoms with Crippen LogP contribution in [-0.4, -0.2) is 57.6 Å². The maximum absolute atomic E-state index is 12.7. The smallest absolute Gasteiger partial charge is 0.274 e. The second kappa shape index (κ2) is 7.00. The summed E-state index contributed by atoms with van der Waals surface area (Å²) in [5, 5.41) is 8.48. The van der Waals surface area contributed by atoms with E-state index in [0.717, 1.165) is 24.9 Å². The number of fused-ring (bicyclic) bond motifs is 1. The summed E-state index contributed by atoms with van der Waals surface area (Å²) in [7, 11) is 0. The zero-order valence-corrected chi connectivity index (χ0v) is 15.0. The van der Waals surface area contributed by atoms with Crippen LogP contribution in [0.15, 0.2) is 22.9 Å². The van der Waals surface area contributed by atoms with E-state index in [4.69, 9.17) is 0 Å². The molecule has 4 heterocycles. The number of thiophene rings is 1. The molecule has 0 atom stereocenters. The van der Waals surface area contributed by atoms with Crippen molar-refractivity contribution in [1.29, 1.82) is 0 Å². The van der Waals surface area contributed by atoms with E-state index in [1.807, 2.05) is 37.4 Å². The van der Waals surface area contributed by atoms with Crippen LogP contribution in [0.1, 0.15) is 34.6 Å². The first kappa shape index (κ1) is 16.3. The van der Waals surface area contributed by atoms with Crippen molar-refractivity contribution in [2.24, 2.45) is 0 Å². The SMILES string of the molecule is O=C(Cc1ccsc1)N1CCN(C(=O)c2cc3n(n2)CCCC3)CC1. The van der Waals surface area contributed by atoms with Crippen molar-refractivity contribution < 1.29 is 9.59 Å². The Bertz CT molecular complexity index is 737. The molecule has 0 spiro atoms. The Morgan fingerprint density at radius 3 is 2.60 bits per heavy atom. The van der Waals surface area contributed by atoms with E-state index in [1.54, 1.807) is 11.3 Å². The maximum atomic E-state index is 12.7. The van der Waals surface area contributed by atoms with Gasteiger partial charge >= 0.3 is 0 Å². The Hall–Kier alpha value is -2.15. The molecule has 0 N–H and O–H groups in total. The summed E-state index contributed by atoms with van der Waals surface area (Å²) in [4.78, 5) is 28.7. The van der Waals surface area contributed by atoms with Gasteiger partial charge in [-0.25, -0.2) is 0 Å². The van der Waals surface area contributed by atoms with Crippen LogP contribution in [0, 0.1) is 0 Å². The van der Waals surface area contributed by atoms with Gasteiger partial charge in [0.2, 0.25) is 5.91 Å². The van der Waals surface area contributed by atoms with Crippen molar-refractivity contribution in [3.05, 3.63) is 39.8 Å². The highest BCUT2D eigenvalue weighted by Gasteiger charge is 2.27. The quantitative estimate of drug-likeness (QED) is 0.841. The average Bonchev–Trinajstić information content (AvgIpc) is 3.30. The number of amides is 2. The van der Waals surface area contributed by atoms with Gasteiger partial charge in [0, 0.05) is 38.4 Å². The highest BCUT2D eigenvalue weighted by atomic mass is 32.1. The third kappa shape index (κ3) is 3.46. The number of piperazine rings is 1. The first-order valence-electron chi connectivity index (χ1n) is 8.85. The third-order valence-electron chi connectivity index (χ3n) is 4.99. The van der Waals surface area contributed by atoms with Crippen LogP contribution in [-0.2, 0) is 24.2 Å². The minimum absolute atomic E-state index is 0.00756. The van der Waals surface area contributed by atoms with E-state index in [2.05, 4.69) is 5.10 Å². The number of aromatic nitrogens is 2.